The van der Waals surface area contributed by atoms with Crippen molar-refractivity contribution < 1.29 is 60.5 Å². The number of hydrazine groups is 1. The molecule has 0 radical (unpaired) electrons. The van der Waals surface area contributed by atoms with E-state index in [1.807, 2.05) is 5.43 Å². The van der Waals surface area contributed by atoms with Gasteiger partial charge in [0.2, 0.25) is 11.8 Å². The van der Waals surface area contributed by atoms with Crippen LogP contribution in [-0.2, 0) is 32.0 Å². The lowest BCUT2D eigenvalue weighted by molar-refractivity contribution is -0.135. The highest BCUT2D eigenvalue weighted by atomic mass is 16.5. The van der Waals surface area contributed by atoms with Crippen molar-refractivity contribution >= 4 is 23.8 Å². The molecule has 0 fully saturated rings. The number of alkyl carbamates (subject to hydrolysis) is 1. The van der Waals surface area contributed by atoms with Crippen molar-refractivity contribution in [1.82, 2.24) is 31.4 Å². The minimum atomic E-state index is -4.31. The van der Waals surface area contributed by atoms with E-state index >= 15 is 0 Å². The number of aromatic nitrogens is 1. The summed E-state index contributed by atoms with van der Waals surface area (Å²) < 4.78 is 193. The molecule has 0 unspecified atom stereocenters. The van der Waals surface area contributed by atoms with E-state index < -0.39 is 132 Å². The second-order valence-corrected chi connectivity index (χ2v) is 11.1. The second kappa shape index (κ2) is 17.7. The van der Waals surface area contributed by atoms with Crippen molar-refractivity contribution in [3.8, 4) is 11.3 Å². The van der Waals surface area contributed by atoms with Crippen LogP contribution in [0.2, 0.25) is 0 Å². The van der Waals surface area contributed by atoms with Gasteiger partial charge in [-0.2, -0.15) is 0 Å². The largest absolute Gasteiger partial charge is 0.453 e. The molecule has 0 aliphatic heterocycles. The molecule has 0 bridgehead atoms. The lowest BCUT2D eigenvalue weighted by atomic mass is 9.85. The maximum absolute atomic E-state index is 14.6. The third-order valence-corrected chi connectivity index (χ3v) is 6.91. The molecule has 3 rings (SSSR count). The number of hydrogen-bond acceptors (Lipinski definition) is 8. The number of aliphatic hydroxyl groups is 1. The fourth-order valence-electron chi connectivity index (χ4n) is 4.54. The Morgan fingerprint density at radius 3 is 2.06 bits per heavy atom. The Morgan fingerprint density at radius 2 is 1.48 bits per heavy atom. The highest BCUT2D eigenvalue weighted by Crippen LogP contribution is 2.22. The van der Waals surface area contributed by atoms with E-state index in [1.165, 1.54) is 54.0 Å². The number of hydrogen-bond donors (Lipinski definition) is 5. The van der Waals surface area contributed by atoms with Crippen molar-refractivity contribution in [2.75, 3.05) is 13.6 Å². The van der Waals surface area contributed by atoms with Crippen molar-refractivity contribution in [3.63, 3.8) is 0 Å². The summed E-state index contributed by atoms with van der Waals surface area (Å²) in [6.45, 7) is -29.2. The first-order valence-electron chi connectivity index (χ1n) is 26.3. The van der Waals surface area contributed by atoms with Crippen molar-refractivity contribution in [2.45, 2.75) is 85.2 Å². The van der Waals surface area contributed by atoms with Crippen LogP contribution in [0.5, 0.6) is 0 Å². The Labute approximate surface area is 327 Å². The SMILES string of the molecule is [2H]C([2H])([2H])OC(=O)N[C@H](C(=O)N[C@@H](Cc1ccccc1)[C@@H](O)CN(NC(=O)[C@@H](NC(C)=O)C(C([2H])([2H])[2H])(C([2H])([2H])[2H])C([2H])([2H])[2H])C([2H])([2H])c1ccc(-c2ccccn2)cc1)C(C([2H])([2H])[2H])(C([2H])([2H])[2H])C([2H])([2H])[2H]. The maximum atomic E-state index is 14.6. The zero-order valence-electron chi connectivity index (χ0n) is 49.6. The molecule has 4 atom stereocenters. The van der Waals surface area contributed by atoms with Gasteiger partial charge >= 0.3 is 6.09 Å². The van der Waals surface area contributed by atoms with Crippen LogP contribution >= 0.6 is 0 Å². The topological polar surface area (TPSA) is 162 Å². The number of amides is 4. The summed E-state index contributed by atoms with van der Waals surface area (Å²) in [7, 11) is -3.65. The van der Waals surface area contributed by atoms with Gasteiger partial charge in [-0.05, 0) is 40.5 Å². The van der Waals surface area contributed by atoms with E-state index in [9.17, 15) is 27.0 Å². The van der Waals surface area contributed by atoms with Crippen molar-refractivity contribution in [3.05, 3.63) is 90.1 Å². The van der Waals surface area contributed by atoms with Crippen LogP contribution in [0.1, 0.15) is 90.7 Å². The molecule has 4 amide bonds. The van der Waals surface area contributed by atoms with Crippen LogP contribution < -0.4 is 21.4 Å². The summed E-state index contributed by atoms with van der Waals surface area (Å²) in [5.41, 5.74) is -6.02. The fourth-order valence-corrected chi connectivity index (χ4v) is 4.54. The third kappa shape index (κ3) is 12.3. The molecule has 50 heavy (non-hydrogen) atoms. The molecule has 2 aromatic carbocycles. The molecule has 270 valence electrons. The van der Waals surface area contributed by atoms with E-state index in [1.54, 1.807) is 23.5 Å². The molecule has 12 heteroatoms. The summed E-state index contributed by atoms with van der Waals surface area (Å²) in [4.78, 5) is 59.0. The van der Waals surface area contributed by atoms with E-state index in [0.717, 1.165) is 12.1 Å². The highest BCUT2D eigenvalue weighted by Gasteiger charge is 2.37. The number of benzene rings is 2. The number of carbonyl (C=O) groups excluding carboxylic acids is 4. The summed E-state index contributed by atoms with van der Waals surface area (Å²) in [6, 6.07) is 8.50. The first-order chi connectivity index (χ1) is 32.9. The highest BCUT2D eigenvalue weighted by molar-refractivity contribution is 5.87. The standard InChI is InChI=1S/C38H52N6O6/c1-25(45)40-33(38(5,6)7)35(48)43-44(23-27-17-19-28(20-18-27)29-16-12-13-21-39-29)24-31(46)30(22-26-14-10-9-11-15-26)41-34(47)32(37(2,3)4)42-36(49)50-8/h9-21,30-33,46H,22-24H2,1-8H3,(H,40,45)(H,41,47)(H,42,49)(H,43,48)/t30-,31-,32+,33+/m0/s1/i2D3,3D3,4D3,5D3,6D3,7D3,8D3,23D2. The number of carbonyl (C=O) groups is 4. The predicted octanol–water partition coefficient (Wildman–Crippen LogP) is 3.99. The van der Waals surface area contributed by atoms with Crippen LogP contribution in [0.3, 0.4) is 0 Å². The summed E-state index contributed by atoms with van der Waals surface area (Å²) in [5.74, 6) is -5.38. The number of nitrogens with zero attached hydrogens (tertiary/aromatic N) is 2. The van der Waals surface area contributed by atoms with E-state index in [2.05, 4.69) is 15.0 Å². The van der Waals surface area contributed by atoms with Gasteiger partial charge in [0.25, 0.3) is 5.91 Å². The normalized spacial score (nSPS) is 23.0. The lowest BCUT2D eigenvalue weighted by Gasteiger charge is -2.36. The molecule has 12 nitrogen and oxygen atoms in total. The first-order valence-corrected chi connectivity index (χ1v) is 14.8. The average Bonchev–Trinajstić information content (AvgIpc) is 3.19. The zero-order chi connectivity index (χ0) is 56.4. The van der Waals surface area contributed by atoms with Gasteiger partial charge in [0.15, 0.2) is 0 Å². The van der Waals surface area contributed by atoms with Gasteiger partial charge in [0.05, 0.1) is 31.7 Å². The Balaban J connectivity index is 2.40. The van der Waals surface area contributed by atoms with Gasteiger partial charge in [0, 0.05) is 56.4 Å². The molecule has 1 heterocycles. The quantitative estimate of drug-likeness (QED) is 0.157. The molecule has 0 saturated heterocycles. The maximum Gasteiger partial charge on any atom is 0.407 e. The number of nitrogens with one attached hydrogen (secondary N) is 4. The summed E-state index contributed by atoms with van der Waals surface area (Å²) in [6.07, 6.45) is -3.83. The molecule has 0 saturated carbocycles. The third-order valence-electron chi connectivity index (χ3n) is 6.91. The van der Waals surface area contributed by atoms with Gasteiger partial charge in [-0.25, -0.2) is 9.80 Å². The van der Waals surface area contributed by atoms with Gasteiger partial charge in [-0.15, -0.1) is 0 Å². The van der Waals surface area contributed by atoms with E-state index in [0.29, 0.717) is 18.2 Å². The minimum Gasteiger partial charge on any atom is -0.453 e. The Kier molecular flexibility index (Phi) is 6.35. The molecule has 3 aromatic rings. The van der Waals surface area contributed by atoms with Crippen LogP contribution in [-0.4, -0.2) is 76.7 Å². The number of aliphatic hydroxyl groups excluding tert-OH is 1. The molecular formula is C38H52N6O6. The monoisotopic (exact) mass is 712 g/mol. The fraction of sp³-hybridized carbons (Fsp3) is 0.447. The molecule has 0 spiro atoms. The van der Waals surface area contributed by atoms with E-state index in [-0.39, 0.29) is 10.6 Å². The number of rotatable bonds is 14. The van der Waals surface area contributed by atoms with Crippen LogP contribution in [0.25, 0.3) is 11.3 Å². The van der Waals surface area contributed by atoms with Gasteiger partial charge in [-0.3, -0.25) is 24.8 Å². The van der Waals surface area contributed by atoms with Crippen molar-refractivity contribution in [2.24, 2.45) is 10.8 Å². The Morgan fingerprint density at radius 1 is 0.840 bits per heavy atom. The van der Waals surface area contributed by atoms with Crippen LogP contribution in [0, 0.1) is 10.8 Å². The minimum absolute atomic E-state index is 0.166. The van der Waals surface area contributed by atoms with Gasteiger partial charge < -0.3 is 25.8 Å². The lowest BCUT2D eigenvalue weighted by Crippen LogP contribution is -2.60. The Hall–Kier alpha value is -4.81. The molecule has 0 aliphatic carbocycles. The number of pyridine rings is 1. The number of methoxy groups -OCH3 is 1. The predicted molar refractivity (Wildman–Crippen MR) is 192 cm³/mol. The van der Waals surface area contributed by atoms with Crippen LogP contribution in [0.4, 0.5) is 4.79 Å². The zero-order valence-corrected chi connectivity index (χ0v) is 26.6. The molecular weight excluding hydrogens is 636 g/mol. The first kappa shape index (κ1) is 17.9. The summed E-state index contributed by atoms with van der Waals surface area (Å²) >= 11 is 0. The molecule has 0 aliphatic rings. The van der Waals surface area contributed by atoms with E-state index in [4.69, 9.17) is 28.8 Å². The number of ether oxygens (including phenoxy) is 1. The second-order valence-electron chi connectivity index (χ2n) is 11.1. The Bertz CT molecular complexity index is 2300. The molecule has 5 N–H and O–H groups in total. The van der Waals surface area contributed by atoms with Crippen LogP contribution in [0.15, 0.2) is 79.0 Å². The van der Waals surface area contributed by atoms with Crippen molar-refractivity contribution in [1.29, 1.82) is 0 Å². The van der Waals surface area contributed by atoms with Gasteiger partial charge in [-0.1, -0.05) is 102 Å². The average molecular weight is 712 g/mol. The molecule has 1 aromatic heterocycles. The smallest absolute Gasteiger partial charge is 0.407 e. The van der Waals surface area contributed by atoms with Gasteiger partial charge in [0.1, 0.15) is 12.1 Å². The summed E-state index contributed by atoms with van der Waals surface area (Å²) in [5, 5.41) is 17.7.